The van der Waals surface area contributed by atoms with Crippen molar-refractivity contribution in [3.8, 4) is 0 Å². The summed E-state index contributed by atoms with van der Waals surface area (Å²) in [5, 5.41) is 8.47. The first kappa shape index (κ1) is 15.3. The molecule has 112 valence electrons. The van der Waals surface area contributed by atoms with Crippen molar-refractivity contribution in [3.05, 3.63) is 42.5 Å². The van der Waals surface area contributed by atoms with Crippen molar-refractivity contribution in [1.29, 1.82) is 0 Å². The number of nitrogens with one attached hydrogen (secondary N) is 2. The molecule has 1 unspecified atom stereocenters. The maximum atomic E-state index is 12.0. The first-order valence-electron chi connectivity index (χ1n) is 7.23. The van der Waals surface area contributed by atoms with E-state index in [1.807, 2.05) is 31.2 Å². The summed E-state index contributed by atoms with van der Waals surface area (Å²) in [6.45, 7) is 3.16. The molecule has 0 bridgehead atoms. The van der Waals surface area contributed by atoms with Crippen LogP contribution in [0.25, 0.3) is 10.8 Å². The first-order valence-corrected chi connectivity index (χ1v) is 7.23. The summed E-state index contributed by atoms with van der Waals surface area (Å²) in [4.78, 5) is 12.0. The SMILES string of the molecule is COCCCNC(=O)C(C)Nc1cccc2ccccc12. The molecule has 4 heteroatoms. The average molecular weight is 286 g/mol. The van der Waals surface area contributed by atoms with Crippen molar-refractivity contribution in [2.45, 2.75) is 19.4 Å². The predicted molar refractivity (Wildman–Crippen MR) is 86.5 cm³/mol. The smallest absolute Gasteiger partial charge is 0.242 e. The maximum Gasteiger partial charge on any atom is 0.242 e. The number of amides is 1. The summed E-state index contributed by atoms with van der Waals surface area (Å²) in [6, 6.07) is 13.9. The van der Waals surface area contributed by atoms with E-state index >= 15 is 0 Å². The van der Waals surface area contributed by atoms with Crippen LogP contribution in [0.2, 0.25) is 0 Å². The lowest BCUT2D eigenvalue weighted by molar-refractivity contribution is -0.121. The monoisotopic (exact) mass is 286 g/mol. The number of rotatable bonds is 7. The van der Waals surface area contributed by atoms with Gasteiger partial charge in [-0.3, -0.25) is 4.79 Å². The van der Waals surface area contributed by atoms with Crippen LogP contribution in [0.4, 0.5) is 5.69 Å². The molecule has 1 amide bonds. The van der Waals surface area contributed by atoms with Crippen molar-refractivity contribution in [2.24, 2.45) is 0 Å². The minimum Gasteiger partial charge on any atom is -0.385 e. The molecule has 0 aliphatic carbocycles. The number of anilines is 1. The fraction of sp³-hybridized carbons (Fsp3) is 0.353. The molecule has 2 rings (SSSR count). The Balaban J connectivity index is 1.98. The summed E-state index contributed by atoms with van der Waals surface area (Å²) in [6.07, 6.45) is 0.823. The second kappa shape index (κ2) is 7.64. The van der Waals surface area contributed by atoms with E-state index in [9.17, 15) is 4.79 Å². The van der Waals surface area contributed by atoms with E-state index in [2.05, 4.69) is 28.8 Å². The molecule has 0 heterocycles. The normalized spacial score (nSPS) is 12.1. The van der Waals surface area contributed by atoms with Crippen LogP contribution >= 0.6 is 0 Å². The van der Waals surface area contributed by atoms with E-state index in [1.165, 1.54) is 0 Å². The Labute approximate surface area is 125 Å². The van der Waals surface area contributed by atoms with Crippen LogP contribution in [0, 0.1) is 0 Å². The minimum absolute atomic E-state index is 0.000891. The molecule has 0 aromatic heterocycles. The summed E-state index contributed by atoms with van der Waals surface area (Å²) >= 11 is 0. The number of ether oxygens (including phenoxy) is 1. The summed E-state index contributed by atoms with van der Waals surface area (Å²) in [5.74, 6) is -0.000891. The van der Waals surface area contributed by atoms with Gasteiger partial charge in [-0.25, -0.2) is 0 Å². The minimum atomic E-state index is -0.279. The van der Waals surface area contributed by atoms with Gasteiger partial charge in [-0.2, -0.15) is 0 Å². The Morgan fingerprint density at radius 2 is 1.95 bits per heavy atom. The van der Waals surface area contributed by atoms with Crippen LogP contribution in [0.3, 0.4) is 0 Å². The molecule has 0 radical (unpaired) electrons. The average Bonchev–Trinajstić information content (AvgIpc) is 2.51. The maximum absolute atomic E-state index is 12.0. The van der Waals surface area contributed by atoms with Gasteiger partial charge in [-0.05, 0) is 24.8 Å². The van der Waals surface area contributed by atoms with Crippen LogP contribution in [0.5, 0.6) is 0 Å². The van der Waals surface area contributed by atoms with E-state index in [1.54, 1.807) is 7.11 Å². The third-order valence-electron chi connectivity index (χ3n) is 3.38. The van der Waals surface area contributed by atoms with Crippen LogP contribution in [0.1, 0.15) is 13.3 Å². The van der Waals surface area contributed by atoms with Gasteiger partial charge in [0.2, 0.25) is 5.91 Å². The van der Waals surface area contributed by atoms with E-state index < -0.39 is 0 Å². The highest BCUT2D eigenvalue weighted by atomic mass is 16.5. The molecule has 2 aromatic rings. The molecule has 4 nitrogen and oxygen atoms in total. The highest BCUT2D eigenvalue weighted by Gasteiger charge is 2.12. The first-order chi connectivity index (χ1) is 10.2. The zero-order valence-electron chi connectivity index (χ0n) is 12.6. The third-order valence-corrected chi connectivity index (χ3v) is 3.38. The van der Waals surface area contributed by atoms with Gasteiger partial charge >= 0.3 is 0 Å². The molecule has 0 spiro atoms. The lowest BCUT2D eigenvalue weighted by Gasteiger charge is -2.16. The van der Waals surface area contributed by atoms with Gasteiger partial charge in [0.05, 0.1) is 0 Å². The van der Waals surface area contributed by atoms with Crippen LogP contribution in [0.15, 0.2) is 42.5 Å². The van der Waals surface area contributed by atoms with Gasteiger partial charge in [-0.1, -0.05) is 36.4 Å². The molecule has 0 saturated carbocycles. The summed E-state index contributed by atoms with van der Waals surface area (Å²) in [5.41, 5.74) is 0.979. The number of carbonyl (C=O) groups excluding carboxylic acids is 1. The zero-order chi connectivity index (χ0) is 15.1. The van der Waals surface area contributed by atoms with Gasteiger partial charge in [0.1, 0.15) is 6.04 Å². The van der Waals surface area contributed by atoms with E-state index in [-0.39, 0.29) is 11.9 Å². The molecule has 0 fully saturated rings. The van der Waals surface area contributed by atoms with E-state index in [0.29, 0.717) is 13.2 Å². The van der Waals surface area contributed by atoms with E-state index in [0.717, 1.165) is 22.9 Å². The van der Waals surface area contributed by atoms with Crippen molar-refractivity contribution < 1.29 is 9.53 Å². The topological polar surface area (TPSA) is 50.4 Å². The summed E-state index contributed by atoms with van der Waals surface area (Å²) in [7, 11) is 1.66. The lowest BCUT2D eigenvalue weighted by atomic mass is 10.1. The van der Waals surface area contributed by atoms with Crippen molar-refractivity contribution >= 4 is 22.4 Å². The van der Waals surface area contributed by atoms with Gasteiger partial charge < -0.3 is 15.4 Å². The van der Waals surface area contributed by atoms with Crippen LogP contribution < -0.4 is 10.6 Å². The number of hydrogen-bond acceptors (Lipinski definition) is 3. The molecule has 0 aliphatic rings. The van der Waals surface area contributed by atoms with Crippen LogP contribution in [-0.4, -0.2) is 32.2 Å². The van der Waals surface area contributed by atoms with Gasteiger partial charge in [-0.15, -0.1) is 0 Å². The van der Waals surface area contributed by atoms with Crippen LogP contribution in [-0.2, 0) is 9.53 Å². The Bertz CT molecular complexity index is 593. The molecule has 2 aromatic carbocycles. The highest BCUT2D eigenvalue weighted by molar-refractivity contribution is 5.95. The van der Waals surface area contributed by atoms with Gasteiger partial charge in [0.25, 0.3) is 0 Å². The van der Waals surface area contributed by atoms with Gasteiger partial charge in [0, 0.05) is 31.3 Å². The second-order valence-corrected chi connectivity index (χ2v) is 5.03. The van der Waals surface area contributed by atoms with Crippen molar-refractivity contribution in [3.63, 3.8) is 0 Å². The number of carbonyl (C=O) groups is 1. The summed E-state index contributed by atoms with van der Waals surface area (Å²) < 4.78 is 4.96. The van der Waals surface area contributed by atoms with E-state index in [4.69, 9.17) is 4.74 Å². The molecule has 1 atom stereocenters. The largest absolute Gasteiger partial charge is 0.385 e. The molecular formula is C17H22N2O2. The van der Waals surface area contributed by atoms with Crippen molar-refractivity contribution in [2.75, 3.05) is 25.6 Å². The highest BCUT2D eigenvalue weighted by Crippen LogP contribution is 2.23. The second-order valence-electron chi connectivity index (χ2n) is 5.03. The van der Waals surface area contributed by atoms with Crippen molar-refractivity contribution in [1.82, 2.24) is 5.32 Å². The Morgan fingerprint density at radius 1 is 1.19 bits per heavy atom. The third kappa shape index (κ3) is 4.20. The Kier molecular flexibility index (Phi) is 5.58. The fourth-order valence-electron chi connectivity index (χ4n) is 2.23. The number of hydrogen-bond donors (Lipinski definition) is 2. The Hall–Kier alpha value is -2.07. The molecule has 21 heavy (non-hydrogen) atoms. The number of fused-ring (bicyclic) bond motifs is 1. The number of methoxy groups -OCH3 is 1. The standard InChI is InChI=1S/C17H22N2O2/c1-13(17(20)18-11-6-12-21-2)19-16-10-5-8-14-7-3-4-9-15(14)16/h3-5,7-10,13,19H,6,11-12H2,1-2H3,(H,18,20). The molecular weight excluding hydrogens is 264 g/mol. The predicted octanol–water partition coefficient (Wildman–Crippen LogP) is 2.79. The fourth-order valence-corrected chi connectivity index (χ4v) is 2.23. The van der Waals surface area contributed by atoms with Gasteiger partial charge in [0.15, 0.2) is 0 Å². The Morgan fingerprint density at radius 3 is 2.76 bits per heavy atom. The molecule has 0 aliphatic heterocycles. The number of benzene rings is 2. The quantitative estimate of drug-likeness (QED) is 0.770. The molecule has 2 N–H and O–H groups in total. The lowest BCUT2D eigenvalue weighted by Crippen LogP contribution is -2.38. The molecule has 0 saturated heterocycles. The zero-order valence-corrected chi connectivity index (χ0v) is 12.6.